The summed E-state index contributed by atoms with van der Waals surface area (Å²) in [7, 11) is 1.63. The molecule has 4 aromatic rings. The molecule has 0 fully saturated rings. The Hall–Kier alpha value is -3.52. The van der Waals surface area contributed by atoms with E-state index in [9.17, 15) is 4.79 Å². The normalized spacial score (nSPS) is 11.0. The number of thioether (sulfide) groups is 1. The number of nitrogens with zero attached hydrogens (tertiary/aromatic N) is 4. The molecule has 0 aliphatic carbocycles. The van der Waals surface area contributed by atoms with Crippen LogP contribution in [0.4, 0.5) is 5.69 Å². The van der Waals surface area contributed by atoms with Gasteiger partial charge < -0.3 is 10.1 Å². The van der Waals surface area contributed by atoms with Crippen molar-refractivity contribution in [3.8, 4) is 17.1 Å². The largest absolute Gasteiger partial charge is 0.496 e. The van der Waals surface area contributed by atoms with Crippen LogP contribution in [0.25, 0.3) is 11.4 Å². The zero-order chi connectivity index (χ0) is 22.5. The first-order valence-electron chi connectivity index (χ1n) is 10.3. The van der Waals surface area contributed by atoms with E-state index in [1.165, 1.54) is 17.3 Å². The molecule has 0 saturated carbocycles. The lowest BCUT2D eigenvalue weighted by Crippen LogP contribution is -2.16. The summed E-state index contributed by atoms with van der Waals surface area (Å²) in [4.78, 5) is 12.6. The number of benzene rings is 2. The number of hydrogen-bond donors (Lipinski definition) is 1. The Morgan fingerprint density at radius 3 is 2.44 bits per heavy atom. The minimum atomic E-state index is -0.104. The molecule has 32 heavy (non-hydrogen) atoms. The van der Waals surface area contributed by atoms with E-state index in [1.807, 2.05) is 82.4 Å². The van der Waals surface area contributed by atoms with E-state index >= 15 is 0 Å². The molecule has 0 atom stereocenters. The fourth-order valence-corrected chi connectivity index (χ4v) is 4.03. The third-order valence-corrected chi connectivity index (χ3v) is 5.89. The van der Waals surface area contributed by atoms with Crippen LogP contribution >= 0.6 is 11.8 Å². The van der Waals surface area contributed by atoms with Crippen molar-refractivity contribution in [2.75, 3.05) is 18.2 Å². The molecule has 0 bridgehead atoms. The van der Waals surface area contributed by atoms with Crippen LogP contribution in [-0.4, -0.2) is 38.3 Å². The molecule has 0 unspecified atom stereocenters. The number of ether oxygens (including phenoxy) is 1. The number of rotatable bonds is 8. The highest BCUT2D eigenvalue weighted by molar-refractivity contribution is 7.99. The standard InChI is InChI=1S/C24H25N5O2S/c1-17(2)18-10-12-19(13-11-18)25-22(30)16-32-24-27-26-23(29(24)28-14-6-7-15-28)20-8-4-5-9-21(20)31-3/h4-15,17H,16H2,1-3H3,(H,25,30). The molecule has 0 spiro atoms. The Kier molecular flexibility index (Phi) is 6.61. The number of hydrogen-bond acceptors (Lipinski definition) is 5. The molecule has 0 radical (unpaired) electrons. The highest BCUT2D eigenvalue weighted by atomic mass is 32.2. The van der Waals surface area contributed by atoms with Crippen molar-refractivity contribution in [2.24, 2.45) is 0 Å². The van der Waals surface area contributed by atoms with Gasteiger partial charge in [0.05, 0.1) is 18.4 Å². The summed E-state index contributed by atoms with van der Waals surface area (Å²) in [5.41, 5.74) is 2.83. The molecule has 1 amide bonds. The third-order valence-electron chi connectivity index (χ3n) is 4.97. The van der Waals surface area contributed by atoms with Gasteiger partial charge in [0.2, 0.25) is 11.1 Å². The summed E-state index contributed by atoms with van der Waals surface area (Å²) < 4.78 is 9.26. The number of para-hydroxylation sites is 1. The highest BCUT2D eigenvalue weighted by Gasteiger charge is 2.19. The van der Waals surface area contributed by atoms with E-state index in [2.05, 4.69) is 29.4 Å². The number of carbonyl (C=O) groups excluding carboxylic acids is 1. The van der Waals surface area contributed by atoms with E-state index in [0.29, 0.717) is 22.6 Å². The fraction of sp³-hybridized carbons (Fsp3) is 0.208. The van der Waals surface area contributed by atoms with Gasteiger partial charge in [-0.25, -0.2) is 4.68 Å². The van der Waals surface area contributed by atoms with Crippen molar-refractivity contribution in [2.45, 2.75) is 24.9 Å². The van der Waals surface area contributed by atoms with Gasteiger partial charge in [-0.15, -0.1) is 10.2 Å². The van der Waals surface area contributed by atoms with Crippen molar-refractivity contribution in [1.29, 1.82) is 0 Å². The lowest BCUT2D eigenvalue weighted by Gasteiger charge is -2.13. The van der Waals surface area contributed by atoms with E-state index in [-0.39, 0.29) is 11.7 Å². The minimum Gasteiger partial charge on any atom is -0.496 e. The lowest BCUT2D eigenvalue weighted by molar-refractivity contribution is -0.113. The number of carbonyl (C=O) groups is 1. The van der Waals surface area contributed by atoms with Crippen LogP contribution < -0.4 is 10.1 Å². The van der Waals surface area contributed by atoms with Gasteiger partial charge in [0.25, 0.3) is 0 Å². The van der Waals surface area contributed by atoms with Crippen LogP contribution in [0.3, 0.4) is 0 Å². The molecule has 0 saturated heterocycles. The van der Waals surface area contributed by atoms with Crippen LogP contribution in [0.5, 0.6) is 5.75 Å². The van der Waals surface area contributed by atoms with Gasteiger partial charge in [0, 0.05) is 18.1 Å². The van der Waals surface area contributed by atoms with Crippen LogP contribution in [0.15, 0.2) is 78.2 Å². The minimum absolute atomic E-state index is 0.104. The summed E-state index contributed by atoms with van der Waals surface area (Å²) in [5, 5.41) is 12.3. The molecular formula is C24H25N5O2S. The molecule has 2 aromatic heterocycles. The number of anilines is 1. The Morgan fingerprint density at radius 2 is 1.75 bits per heavy atom. The van der Waals surface area contributed by atoms with E-state index in [1.54, 1.807) is 7.11 Å². The van der Waals surface area contributed by atoms with Crippen molar-refractivity contribution in [1.82, 2.24) is 19.5 Å². The Balaban J connectivity index is 1.54. The first-order valence-corrected chi connectivity index (χ1v) is 11.3. The summed E-state index contributed by atoms with van der Waals surface area (Å²) in [6.45, 7) is 4.29. The predicted molar refractivity (Wildman–Crippen MR) is 127 cm³/mol. The number of methoxy groups -OCH3 is 1. The molecule has 0 aliphatic heterocycles. The first kappa shape index (κ1) is 21.7. The van der Waals surface area contributed by atoms with Crippen LogP contribution in [0.2, 0.25) is 0 Å². The average molecular weight is 448 g/mol. The fourth-order valence-electron chi connectivity index (χ4n) is 3.30. The summed E-state index contributed by atoms with van der Waals surface area (Å²) >= 11 is 1.33. The molecule has 2 aromatic carbocycles. The first-order chi connectivity index (χ1) is 15.6. The quantitative estimate of drug-likeness (QED) is 0.388. The second kappa shape index (κ2) is 9.74. The molecule has 1 N–H and O–H groups in total. The molecular weight excluding hydrogens is 422 g/mol. The highest BCUT2D eigenvalue weighted by Crippen LogP contribution is 2.31. The van der Waals surface area contributed by atoms with Crippen LogP contribution in [0, 0.1) is 0 Å². The van der Waals surface area contributed by atoms with Crippen molar-refractivity contribution < 1.29 is 9.53 Å². The molecule has 8 heteroatoms. The van der Waals surface area contributed by atoms with Gasteiger partial charge in [-0.2, -0.15) is 0 Å². The molecule has 164 valence electrons. The Labute approximate surface area is 191 Å². The number of aromatic nitrogens is 4. The van der Waals surface area contributed by atoms with E-state index in [4.69, 9.17) is 4.74 Å². The summed E-state index contributed by atoms with van der Waals surface area (Å²) in [6, 6.07) is 19.4. The molecule has 4 rings (SSSR count). The van der Waals surface area contributed by atoms with Crippen molar-refractivity contribution in [3.05, 3.63) is 78.6 Å². The second-order valence-corrected chi connectivity index (χ2v) is 8.44. The van der Waals surface area contributed by atoms with Crippen LogP contribution in [-0.2, 0) is 4.79 Å². The monoisotopic (exact) mass is 447 g/mol. The topological polar surface area (TPSA) is 74.0 Å². The van der Waals surface area contributed by atoms with Gasteiger partial charge in [-0.3, -0.25) is 9.47 Å². The van der Waals surface area contributed by atoms with Gasteiger partial charge in [0.15, 0.2) is 5.82 Å². The maximum Gasteiger partial charge on any atom is 0.234 e. The number of nitrogens with one attached hydrogen (secondary N) is 1. The number of amides is 1. The maximum absolute atomic E-state index is 12.6. The van der Waals surface area contributed by atoms with Crippen molar-refractivity contribution in [3.63, 3.8) is 0 Å². The molecule has 2 heterocycles. The van der Waals surface area contributed by atoms with Crippen LogP contribution in [0.1, 0.15) is 25.3 Å². The van der Waals surface area contributed by atoms with Crippen molar-refractivity contribution >= 4 is 23.4 Å². The SMILES string of the molecule is COc1ccccc1-c1nnc(SCC(=O)Nc2ccc(C(C)C)cc2)n1-n1cccc1. The predicted octanol–water partition coefficient (Wildman–Crippen LogP) is 4.92. The van der Waals surface area contributed by atoms with E-state index < -0.39 is 0 Å². The molecule has 7 nitrogen and oxygen atoms in total. The van der Waals surface area contributed by atoms with Gasteiger partial charge >= 0.3 is 0 Å². The Morgan fingerprint density at radius 1 is 1.03 bits per heavy atom. The smallest absolute Gasteiger partial charge is 0.234 e. The third kappa shape index (κ3) is 4.70. The Bertz CT molecular complexity index is 1180. The molecule has 0 aliphatic rings. The van der Waals surface area contributed by atoms with E-state index in [0.717, 1.165) is 11.3 Å². The second-order valence-electron chi connectivity index (χ2n) is 7.49. The van der Waals surface area contributed by atoms with Gasteiger partial charge in [-0.05, 0) is 47.9 Å². The zero-order valence-corrected chi connectivity index (χ0v) is 19.0. The van der Waals surface area contributed by atoms with Gasteiger partial charge in [0.1, 0.15) is 5.75 Å². The van der Waals surface area contributed by atoms with Gasteiger partial charge in [-0.1, -0.05) is 49.9 Å². The zero-order valence-electron chi connectivity index (χ0n) is 18.2. The average Bonchev–Trinajstić information content (AvgIpc) is 3.47. The summed E-state index contributed by atoms with van der Waals surface area (Å²) in [6.07, 6.45) is 3.81. The maximum atomic E-state index is 12.6. The lowest BCUT2D eigenvalue weighted by atomic mass is 10.0. The summed E-state index contributed by atoms with van der Waals surface area (Å²) in [5.74, 6) is 1.89.